The fourth-order valence-corrected chi connectivity index (χ4v) is 1.54. The van der Waals surface area contributed by atoms with Crippen LogP contribution in [0.15, 0.2) is 5.03 Å². The molecule has 0 fully saturated rings. The molecular formula is C5H2ClF2N3OS. The fourth-order valence-electron chi connectivity index (χ4n) is 0.604. The van der Waals surface area contributed by atoms with Crippen LogP contribution < -0.4 is 0 Å². The van der Waals surface area contributed by atoms with E-state index in [2.05, 4.69) is 10.2 Å². The molecular weight excluding hydrogens is 224 g/mol. The molecule has 0 saturated carbocycles. The lowest BCUT2D eigenvalue weighted by Crippen LogP contribution is -2.12. The maximum Gasteiger partial charge on any atom is 0.404 e. The Hall–Kier alpha value is -0.840. The normalized spacial score (nSPS) is 12.9. The summed E-state index contributed by atoms with van der Waals surface area (Å²) in [6.07, 6.45) is 0. The molecule has 1 heterocycles. The predicted molar refractivity (Wildman–Crippen MR) is 40.7 cm³/mol. The Bertz CT molecular complexity index is 350. The number of nitrogens with zero attached hydrogens (tertiary/aromatic N) is 2. The van der Waals surface area contributed by atoms with Crippen LogP contribution in [0.2, 0.25) is 5.02 Å². The molecule has 4 nitrogen and oxygen atoms in total. The Kier molecular flexibility index (Phi) is 3.08. The van der Waals surface area contributed by atoms with Gasteiger partial charge in [-0.2, -0.15) is 14.0 Å². The van der Waals surface area contributed by atoms with Crippen molar-refractivity contribution in [3.8, 4) is 6.07 Å². The second-order valence-corrected chi connectivity index (χ2v) is 3.60. The van der Waals surface area contributed by atoms with Crippen LogP contribution in [0.25, 0.3) is 0 Å². The standard InChI is InChI=1S/C5H2ClF2N3OS/c6-3-2(1-9)10-11-4(3)13(12)5(7)8/h5H,(H,10,11). The Morgan fingerprint density at radius 1 is 1.69 bits per heavy atom. The van der Waals surface area contributed by atoms with E-state index in [-0.39, 0.29) is 10.7 Å². The van der Waals surface area contributed by atoms with Gasteiger partial charge in [-0.15, -0.1) is 5.10 Å². The molecule has 0 aromatic carbocycles. The average molecular weight is 226 g/mol. The van der Waals surface area contributed by atoms with E-state index in [4.69, 9.17) is 16.9 Å². The molecule has 1 aromatic heterocycles. The number of aromatic nitrogens is 2. The second-order valence-electron chi connectivity index (χ2n) is 1.89. The number of halogens is 3. The summed E-state index contributed by atoms with van der Waals surface area (Å²) in [5, 5.41) is 12.9. The zero-order valence-electron chi connectivity index (χ0n) is 5.92. The van der Waals surface area contributed by atoms with Gasteiger partial charge < -0.3 is 4.55 Å². The molecule has 70 valence electrons. The lowest BCUT2D eigenvalue weighted by molar-refractivity contribution is 0.234. The van der Waals surface area contributed by atoms with E-state index >= 15 is 0 Å². The van der Waals surface area contributed by atoms with Gasteiger partial charge in [0.05, 0.1) is 11.2 Å². The topological polar surface area (TPSA) is 75.5 Å². The molecule has 0 radical (unpaired) electrons. The van der Waals surface area contributed by atoms with Crippen molar-refractivity contribution in [2.75, 3.05) is 0 Å². The summed E-state index contributed by atoms with van der Waals surface area (Å²) in [6, 6.07) is 1.58. The van der Waals surface area contributed by atoms with Crippen LogP contribution in [0.4, 0.5) is 8.78 Å². The summed E-state index contributed by atoms with van der Waals surface area (Å²) in [5.74, 6) is -3.06. The maximum atomic E-state index is 11.9. The minimum Gasteiger partial charge on any atom is -0.606 e. The lowest BCUT2D eigenvalue weighted by Gasteiger charge is -2.04. The number of nitrogens with one attached hydrogen (secondary N) is 1. The highest BCUT2D eigenvalue weighted by molar-refractivity contribution is 7.91. The largest absolute Gasteiger partial charge is 0.606 e. The van der Waals surface area contributed by atoms with Gasteiger partial charge in [0.1, 0.15) is 6.07 Å². The fraction of sp³-hybridized carbons (Fsp3) is 0.200. The van der Waals surface area contributed by atoms with Gasteiger partial charge in [-0.1, -0.05) is 11.6 Å². The van der Waals surface area contributed by atoms with Gasteiger partial charge in [0.15, 0.2) is 10.7 Å². The molecule has 1 aromatic rings. The first kappa shape index (κ1) is 10.2. The van der Waals surface area contributed by atoms with E-state index in [0.29, 0.717) is 0 Å². The lowest BCUT2D eigenvalue weighted by atomic mass is 10.5. The van der Waals surface area contributed by atoms with Crippen LogP contribution in [0.1, 0.15) is 5.69 Å². The number of alkyl halides is 2. The quantitative estimate of drug-likeness (QED) is 0.770. The van der Waals surface area contributed by atoms with Crippen LogP contribution in [-0.4, -0.2) is 20.5 Å². The van der Waals surface area contributed by atoms with Crippen molar-refractivity contribution in [1.29, 1.82) is 5.26 Å². The van der Waals surface area contributed by atoms with Gasteiger partial charge in [-0.3, -0.25) is 5.10 Å². The molecule has 0 spiro atoms. The SMILES string of the molecule is N#Cc1[nH]nc([S+]([O-])C(F)F)c1Cl. The molecule has 0 saturated heterocycles. The molecule has 0 bridgehead atoms. The summed E-state index contributed by atoms with van der Waals surface area (Å²) in [6.45, 7) is 0. The third-order valence-electron chi connectivity index (χ3n) is 1.14. The van der Waals surface area contributed by atoms with Crippen LogP contribution in [-0.2, 0) is 11.2 Å². The summed E-state index contributed by atoms with van der Waals surface area (Å²) in [5.41, 5.74) is -0.175. The Morgan fingerprint density at radius 2 is 2.31 bits per heavy atom. The van der Waals surface area contributed by atoms with Crippen molar-refractivity contribution in [3.05, 3.63) is 10.7 Å². The molecule has 0 aliphatic heterocycles. The Labute approximate surface area is 79.7 Å². The van der Waals surface area contributed by atoms with Gasteiger partial charge in [-0.05, 0) is 0 Å². The molecule has 0 amide bonds. The molecule has 1 unspecified atom stereocenters. The number of nitriles is 1. The van der Waals surface area contributed by atoms with Crippen molar-refractivity contribution in [2.24, 2.45) is 0 Å². The van der Waals surface area contributed by atoms with E-state index in [0.717, 1.165) is 0 Å². The molecule has 13 heavy (non-hydrogen) atoms. The number of H-pyrrole nitrogens is 1. The smallest absolute Gasteiger partial charge is 0.404 e. The summed E-state index contributed by atoms with van der Waals surface area (Å²) >= 11 is 2.83. The van der Waals surface area contributed by atoms with E-state index in [1.54, 1.807) is 6.07 Å². The van der Waals surface area contributed by atoms with Gasteiger partial charge >= 0.3 is 5.76 Å². The van der Waals surface area contributed by atoms with Crippen molar-refractivity contribution in [1.82, 2.24) is 10.2 Å². The minimum absolute atomic E-state index is 0.175. The van der Waals surface area contributed by atoms with Gasteiger partial charge in [-0.25, -0.2) is 0 Å². The number of aromatic amines is 1. The molecule has 8 heteroatoms. The van der Waals surface area contributed by atoms with Crippen LogP contribution in [0.5, 0.6) is 0 Å². The molecule has 1 N–H and O–H groups in total. The van der Waals surface area contributed by atoms with Crippen LogP contribution >= 0.6 is 11.6 Å². The number of rotatable bonds is 2. The Balaban J connectivity index is 3.04. The monoisotopic (exact) mass is 225 g/mol. The van der Waals surface area contributed by atoms with Crippen LogP contribution in [0, 0.1) is 11.3 Å². The molecule has 0 aliphatic carbocycles. The van der Waals surface area contributed by atoms with Crippen molar-refractivity contribution in [3.63, 3.8) is 0 Å². The number of hydrogen-bond acceptors (Lipinski definition) is 3. The zero-order valence-corrected chi connectivity index (χ0v) is 7.49. The third-order valence-corrected chi connectivity index (χ3v) is 2.62. The highest BCUT2D eigenvalue weighted by Gasteiger charge is 2.30. The van der Waals surface area contributed by atoms with Gasteiger partial charge in [0.2, 0.25) is 0 Å². The predicted octanol–water partition coefficient (Wildman–Crippen LogP) is 1.26. The van der Waals surface area contributed by atoms with E-state index in [9.17, 15) is 13.3 Å². The summed E-state index contributed by atoms with van der Waals surface area (Å²) in [4.78, 5) is 0. The first-order chi connectivity index (χ1) is 6.07. The first-order valence-corrected chi connectivity index (χ1v) is 4.49. The molecule has 0 aliphatic rings. The zero-order chi connectivity index (χ0) is 10.0. The average Bonchev–Trinajstić information content (AvgIpc) is 2.45. The number of hydrogen-bond donors (Lipinski definition) is 1. The van der Waals surface area contributed by atoms with E-state index < -0.39 is 22.0 Å². The molecule has 1 rings (SSSR count). The van der Waals surface area contributed by atoms with Crippen molar-refractivity contribution < 1.29 is 13.3 Å². The first-order valence-electron chi connectivity index (χ1n) is 2.90. The van der Waals surface area contributed by atoms with Crippen LogP contribution in [0.3, 0.4) is 0 Å². The van der Waals surface area contributed by atoms with E-state index in [1.807, 2.05) is 0 Å². The van der Waals surface area contributed by atoms with Gasteiger partial charge in [0.25, 0.3) is 5.03 Å². The second kappa shape index (κ2) is 3.91. The summed E-state index contributed by atoms with van der Waals surface area (Å²) in [7, 11) is 0. The summed E-state index contributed by atoms with van der Waals surface area (Å²) < 4.78 is 34.6. The van der Waals surface area contributed by atoms with Gasteiger partial charge in [0, 0.05) is 0 Å². The third kappa shape index (κ3) is 1.91. The highest BCUT2D eigenvalue weighted by Crippen LogP contribution is 2.26. The van der Waals surface area contributed by atoms with Crippen molar-refractivity contribution in [2.45, 2.75) is 10.8 Å². The van der Waals surface area contributed by atoms with Crippen molar-refractivity contribution >= 4 is 22.8 Å². The molecule has 1 atom stereocenters. The highest BCUT2D eigenvalue weighted by atomic mass is 35.5. The van der Waals surface area contributed by atoms with E-state index in [1.165, 1.54) is 0 Å². The minimum atomic E-state index is -3.06. The Morgan fingerprint density at radius 3 is 2.69 bits per heavy atom. The maximum absolute atomic E-state index is 11.9.